The molecule has 21 heavy (non-hydrogen) atoms. The molecule has 0 unspecified atom stereocenters. The monoisotopic (exact) mass is 300 g/mol. The van der Waals surface area contributed by atoms with Crippen molar-refractivity contribution in [3.05, 3.63) is 50.3 Å². The highest BCUT2D eigenvalue weighted by Gasteiger charge is 2.19. The van der Waals surface area contributed by atoms with E-state index in [1.807, 2.05) is 36.6 Å². The molecule has 1 aromatic heterocycles. The summed E-state index contributed by atoms with van der Waals surface area (Å²) in [5.41, 5.74) is 4.19. The third-order valence-corrected chi connectivity index (χ3v) is 5.26. The molecule has 0 fully saturated rings. The van der Waals surface area contributed by atoms with E-state index in [1.54, 1.807) is 0 Å². The van der Waals surface area contributed by atoms with Crippen LogP contribution < -0.4 is 4.80 Å². The first-order valence-corrected chi connectivity index (χ1v) is 8.24. The topological polar surface area (TPSA) is 45.9 Å². The van der Waals surface area contributed by atoms with E-state index in [1.165, 1.54) is 40.3 Å². The van der Waals surface area contributed by atoms with Gasteiger partial charge >= 0.3 is 0 Å². The minimum Gasteiger partial charge on any atom is -0.313 e. The van der Waals surface area contributed by atoms with Crippen molar-refractivity contribution >= 4 is 17.1 Å². The summed E-state index contributed by atoms with van der Waals surface area (Å²) in [4.78, 5) is 14.4. The van der Waals surface area contributed by atoms with Gasteiger partial charge < -0.3 is 4.57 Å². The number of ketones is 1. The smallest absolute Gasteiger partial charge is 0.182 e. The number of hydrogen-bond acceptors (Lipinski definition) is 3. The van der Waals surface area contributed by atoms with E-state index in [2.05, 4.69) is 0 Å². The van der Waals surface area contributed by atoms with E-state index in [4.69, 9.17) is 5.41 Å². The Labute approximate surface area is 128 Å². The second kappa shape index (κ2) is 5.60. The molecule has 3 nitrogen and oxygen atoms in total. The minimum absolute atomic E-state index is 0.108. The summed E-state index contributed by atoms with van der Waals surface area (Å²) in [6.45, 7) is 4.32. The number of Topliss-reactive ketones (excluding diaryl/α,β-unsaturated/α-hetero) is 1. The number of nitrogens with zero attached hydrogens (tertiary/aromatic N) is 1. The summed E-state index contributed by atoms with van der Waals surface area (Å²) in [6.07, 6.45) is 4.44. The maximum Gasteiger partial charge on any atom is 0.182 e. The quantitative estimate of drug-likeness (QED) is 0.868. The van der Waals surface area contributed by atoms with Crippen molar-refractivity contribution < 1.29 is 4.79 Å². The highest BCUT2D eigenvalue weighted by molar-refractivity contribution is 7.09. The van der Waals surface area contributed by atoms with Gasteiger partial charge in [0.1, 0.15) is 0 Å². The van der Waals surface area contributed by atoms with Crippen LogP contribution in [-0.2, 0) is 19.4 Å². The number of thiazole rings is 1. The molecule has 1 heterocycles. The van der Waals surface area contributed by atoms with Crippen LogP contribution in [0.5, 0.6) is 0 Å². The lowest BCUT2D eigenvalue weighted by Crippen LogP contribution is -2.23. The second-order valence-corrected chi connectivity index (χ2v) is 6.90. The summed E-state index contributed by atoms with van der Waals surface area (Å²) < 4.78 is 1.92. The Hall–Kier alpha value is -1.68. The fourth-order valence-corrected chi connectivity index (χ4v) is 4.17. The summed E-state index contributed by atoms with van der Waals surface area (Å²) >= 11 is 1.54. The van der Waals surface area contributed by atoms with Crippen LogP contribution in [0.1, 0.15) is 44.9 Å². The normalized spacial score (nSPS) is 14.0. The van der Waals surface area contributed by atoms with Crippen LogP contribution in [0.25, 0.3) is 0 Å². The third kappa shape index (κ3) is 2.72. The number of benzene rings is 1. The number of fused-ring (bicyclic) bond motifs is 1. The van der Waals surface area contributed by atoms with Crippen LogP contribution in [0.4, 0.5) is 0 Å². The molecule has 1 aliphatic rings. The van der Waals surface area contributed by atoms with Crippen molar-refractivity contribution in [3.8, 4) is 0 Å². The van der Waals surface area contributed by atoms with Crippen molar-refractivity contribution in [2.75, 3.05) is 0 Å². The van der Waals surface area contributed by atoms with Gasteiger partial charge in [-0.15, -0.1) is 11.3 Å². The number of aromatic nitrogens is 1. The van der Waals surface area contributed by atoms with Gasteiger partial charge in [-0.25, -0.2) is 0 Å². The number of aryl methyl sites for hydroxylation is 3. The van der Waals surface area contributed by atoms with Gasteiger partial charge in [0.2, 0.25) is 0 Å². The minimum atomic E-state index is 0.108. The number of nitrogens with one attached hydrogen (secondary N) is 1. The fraction of sp³-hybridized carbons (Fsp3) is 0.412. The summed E-state index contributed by atoms with van der Waals surface area (Å²) in [7, 11) is 0. The van der Waals surface area contributed by atoms with Crippen molar-refractivity contribution in [1.82, 2.24) is 4.57 Å². The van der Waals surface area contributed by atoms with E-state index < -0.39 is 0 Å². The Bertz CT molecular complexity index is 755. The van der Waals surface area contributed by atoms with E-state index in [0.29, 0.717) is 11.3 Å². The van der Waals surface area contributed by atoms with Crippen LogP contribution in [0.2, 0.25) is 0 Å². The van der Waals surface area contributed by atoms with Gasteiger partial charge in [-0.05, 0) is 45.1 Å². The van der Waals surface area contributed by atoms with E-state index in [9.17, 15) is 4.79 Å². The second-order valence-electron chi connectivity index (χ2n) is 5.81. The van der Waals surface area contributed by atoms with Gasteiger partial charge in [0, 0.05) is 16.1 Å². The molecule has 1 N–H and O–H groups in total. The first kappa shape index (κ1) is 14.3. The van der Waals surface area contributed by atoms with Crippen LogP contribution in [0.15, 0.2) is 18.2 Å². The van der Waals surface area contributed by atoms with Crippen molar-refractivity contribution in [2.24, 2.45) is 0 Å². The molecule has 3 rings (SSSR count). The Kier molecular flexibility index (Phi) is 3.81. The van der Waals surface area contributed by atoms with Gasteiger partial charge in [-0.1, -0.05) is 23.8 Å². The van der Waals surface area contributed by atoms with E-state index >= 15 is 0 Å². The molecule has 0 saturated heterocycles. The first-order chi connectivity index (χ1) is 10.1. The lowest BCUT2D eigenvalue weighted by Gasteiger charge is -2.14. The average molecular weight is 300 g/mol. The van der Waals surface area contributed by atoms with Crippen LogP contribution in [0.3, 0.4) is 0 Å². The van der Waals surface area contributed by atoms with Gasteiger partial charge in [-0.3, -0.25) is 10.2 Å². The zero-order valence-electron chi connectivity index (χ0n) is 12.5. The molecule has 2 aromatic rings. The zero-order chi connectivity index (χ0) is 15.0. The largest absolute Gasteiger partial charge is 0.313 e. The first-order valence-electron chi connectivity index (χ1n) is 7.42. The van der Waals surface area contributed by atoms with Gasteiger partial charge in [0.05, 0.1) is 6.54 Å². The Morgan fingerprint density at radius 3 is 2.81 bits per heavy atom. The third-order valence-electron chi connectivity index (χ3n) is 4.16. The summed E-state index contributed by atoms with van der Waals surface area (Å²) in [5.74, 6) is 0.108. The maximum absolute atomic E-state index is 12.6. The predicted octanol–water partition coefficient (Wildman–Crippen LogP) is 3.41. The lowest BCUT2D eigenvalue weighted by molar-refractivity contribution is 0.0969. The number of rotatable bonds is 3. The fourth-order valence-electron chi connectivity index (χ4n) is 3.07. The molecule has 4 heteroatoms. The van der Waals surface area contributed by atoms with E-state index in [0.717, 1.165) is 24.0 Å². The lowest BCUT2D eigenvalue weighted by atomic mass is 10.0. The van der Waals surface area contributed by atoms with Crippen molar-refractivity contribution in [3.63, 3.8) is 0 Å². The predicted molar refractivity (Wildman–Crippen MR) is 85.1 cm³/mol. The highest BCUT2D eigenvalue weighted by atomic mass is 32.1. The molecule has 0 bridgehead atoms. The number of carbonyl (C=O) groups excluding carboxylic acids is 1. The molecule has 110 valence electrons. The SMILES string of the molecule is Cc1ccc(C(=O)Cn2c3c(sc2=N)CCCC3)c(C)c1. The van der Waals surface area contributed by atoms with Gasteiger partial charge in [0.25, 0.3) is 0 Å². The molecular weight excluding hydrogens is 280 g/mol. The Balaban J connectivity index is 1.92. The standard InChI is InChI=1S/C17H20N2OS/c1-11-7-8-13(12(2)9-11)15(20)10-19-14-5-3-4-6-16(14)21-17(19)18/h7-9,18H,3-6,10H2,1-2H3. The molecule has 1 aliphatic carbocycles. The highest BCUT2D eigenvalue weighted by Crippen LogP contribution is 2.23. The molecule has 0 aliphatic heterocycles. The average Bonchev–Trinajstić information content (AvgIpc) is 2.75. The molecular formula is C17H20N2OS. The number of carbonyl (C=O) groups is 1. The summed E-state index contributed by atoms with van der Waals surface area (Å²) in [5, 5.41) is 8.14. The van der Waals surface area contributed by atoms with Crippen LogP contribution in [0, 0.1) is 19.3 Å². The van der Waals surface area contributed by atoms with E-state index in [-0.39, 0.29) is 5.78 Å². The van der Waals surface area contributed by atoms with Gasteiger partial charge in [0.15, 0.2) is 10.6 Å². The van der Waals surface area contributed by atoms with Gasteiger partial charge in [-0.2, -0.15) is 0 Å². The zero-order valence-corrected chi connectivity index (χ0v) is 13.3. The molecule has 1 aromatic carbocycles. The number of hydrogen-bond donors (Lipinski definition) is 1. The van der Waals surface area contributed by atoms with Crippen LogP contribution >= 0.6 is 11.3 Å². The Morgan fingerprint density at radius 1 is 1.29 bits per heavy atom. The maximum atomic E-state index is 12.6. The molecule has 0 atom stereocenters. The molecule has 0 radical (unpaired) electrons. The summed E-state index contributed by atoms with van der Waals surface area (Å²) in [6, 6.07) is 5.94. The molecule has 0 saturated carbocycles. The molecule has 0 amide bonds. The van der Waals surface area contributed by atoms with Crippen molar-refractivity contribution in [2.45, 2.75) is 46.1 Å². The Morgan fingerprint density at radius 2 is 2.05 bits per heavy atom. The van der Waals surface area contributed by atoms with Crippen molar-refractivity contribution in [1.29, 1.82) is 5.41 Å². The molecule has 0 spiro atoms. The van der Waals surface area contributed by atoms with Crippen LogP contribution in [-0.4, -0.2) is 10.4 Å².